The Morgan fingerprint density at radius 2 is 1.93 bits per heavy atom. The Morgan fingerprint density at radius 3 is 2.59 bits per heavy atom. The number of hydrogen-bond donors (Lipinski definition) is 2. The maximum absolute atomic E-state index is 10.3. The predicted molar refractivity (Wildman–Crippen MR) is 112 cm³/mol. The largest absolute Gasteiger partial charge is 0.495 e. The molecule has 0 saturated carbocycles. The van der Waals surface area contributed by atoms with E-state index in [2.05, 4.69) is 38.1 Å². The number of benzene rings is 2. The number of methoxy groups -OCH3 is 1. The first-order valence-electron chi connectivity index (χ1n) is 8.80. The molecule has 1 aromatic heterocycles. The van der Waals surface area contributed by atoms with E-state index in [1.807, 2.05) is 43.3 Å². The van der Waals surface area contributed by atoms with Crippen molar-refractivity contribution < 1.29 is 9.84 Å². The summed E-state index contributed by atoms with van der Waals surface area (Å²) >= 11 is 3.54. The van der Waals surface area contributed by atoms with Gasteiger partial charge in [-0.15, -0.1) is 0 Å². The van der Waals surface area contributed by atoms with Crippen LogP contribution in [0.15, 0.2) is 40.9 Å². The highest BCUT2D eigenvalue weighted by Gasteiger charge is 2.18. The van der Waals surface area contributed by atoms with Gasteiger partial charge in [-0.05, 0) is 60.8 Å². The fourth-order valence-corrected chi connectivity index (χ4v) is 3.49. The normalized spacial score (nSPS) is 12.9. The lowest BCUT2D eigenvalue weighted by molar-refractivity contribution is 0.0785. The van der Waals surface area contributed by atoms with Crippen LogP contribution < -0.4 is 10.1 Å². The van der Waals surface area contributed by atoms with Gasteiger partial charge in [-0.2, -0.15) is 0 Å². The number of halogens is 1. The molecule has 2 N–H and O–H groups in total. The summed E-state index contributed by atoms with van der Waals surface area (Å²) in [4.78, 5) is 9.13. The molecule has 0 radical (unpaired) electrons. The lowest BCUT2D eigenvalue weighted by Crippen LogP contribution is -2.17. The molecule has 6 heteroatoms. The number of nitrogens with one attached hydrogen (secondary N) is 1. The van der Waals surface area contributed by atoms with E-state index in [1.54, 1.807) is 21.0 Å². The average molecular weight is 430 g/mol. The molecule has 27 heavy (non-hydrogen) atoms. The van der Waals surface area contributed by atoms with Crippen LogP contribution in [-0.2, 0) is 5.60 Å². The van der Waals surface area contributed by atoms with E-state index in [0.717, 1.165) is 38.1 Å². The molecular formula is C21H24BrN3O2. The van der Waals surface area contributed by atoms with E-state index in [0.29, 0.717) is 5.82 Å². The van der Waals surface area contributed by atoms with Crippen molar-refractivity contribution in [1.29, 1.82) is 0 Å². The van der Waals surface area contributed by atoms with Crippen molar-refractivity contribution in [2.45, 2.75) is 39.3 Å². The number of aliphatic hydroxyl groups is 1. The number of nitrogens with zero attached hydrogens (tertiary/aromatic N) is 2. The van der Waals surface area contributed by atoms with Crippen molar-refractivity contribution in [2.75, 3.05) is 12.4 Å². The van der Waals surface area contributed by atoms with Crippen molar-refractivity contribution in [3.63, 3.8) is 0 Å². The molecule has 0 aliphatic rings. The topological polar surface area (TPSA) is 67.3 Å². The minimum Gasteiger partial charge on any atom is -0.495 e. The second-order valence-electron chi connectivity index (χ2n) is 7.17. The maximum atomic E-state index is 10.3. The predicted octanol–water partition coefficient (Wildman–Crippen LogP) is 5.11. The minimum atomic E-state index is -0.880. The van der Waals surface area contributed by atoms with Gasteiger partial charge in [-0.1, -0.05) is 24.3 Å². The summed E-state index contributed by atoms with van der Waals surface area (Å²) in [5, 5.41) is 14.7. The van der Waals surface area contributed by atoms with Crippen LogP contribution in [0.3, 0.4) is 0 Å². The van der Waals surface area contributed by atoms with Crippen LogP contribution in [0.4, 0.5) is 5.82 Å². The van der Waals surface area contributed by atoms with E-state index in [4.69, 9.17) is 4.74 Å². The smallest absolute Gasteiger partial charge is 0.138 e. The van der Waals surface area contributed by atoms with Gasteiger partial charge < -0.3 is 15.2 Å². The second kappa shape index (κ2) is 7.44. The standard InChI is InChI=1S/C21H24BrN3O2/c1-12(14-7-6-8-15(9-14)21(3,4)26)23-20-16-10-17(22)19(27-5)11-18(16)24-13(2)25-20/h6-12,26H,1-5H3,(H,23,24,25)/t12-/m1/s1. The maximum Gasteiger partial charge on any atom is 0.138 e. The number of rotatable bonds is 5. The molecule has 0 spiro atoms. The third kappa shape index (κ3) is 4.22. The Hall–Kier alpha value is -2.18. The average Bonchev–Trinajstić information content (AvgIpc) is 2.61. The summed E-state index contributed by atoms with van der Waals surface area (Å²) in [5.41, 5.74) is 1.90. The molecule has 3 rings (SSSR count). The SMILES string of the molecule is COc1cc2nc(C)nc(N[C@H](C)c3cccc(C(C)(C)O)c3)c2cc1Br. The number of ether oxygens (including phenoxy) is 1. The summed E-state index contributed by atoms with van der Waals surface area (Å²) in [6.07, 6.45) is 0. The van der Waals surface area contributed by atoms with Gasteiger partial charge in [0.25, 0.3) is 0 Å². The van der Waals surface area contributed by atoms with Gasteiger partial charge in [0, 0.05) is 17.5 Å². The molecule has 2 aromatic carbocycles. The second-order valence-corrected chi connectivity index (χ2v) is 8.03. The summed E-state index contributed by atoms with van der Waals surface area (Å²) in [6, 6.07) is 11.8. The Balaban J connectivity index is 2.00. The van der Waals surface area contributed by atoms with E-state index in [9.17, 15) is 5.11 Å². The van der Waals surface area contributed by atoms with Crippen molar-refractivity contribution >= 4 is 32.7 Å². The first-order valence-corrected chi connectivity index (χ1v) is 9.59. The van der Waals surface area contributed by atoms with Gasteiger partial charge in [-0.3, -0.25) is 0 Å². The van der Waals surface area contributed by atoms with Gasteiger partial charge in [0.05, 0.1) is 22.7 Å². The quantitative estimate of drug-likeness (QED) is 0.589. The lowest BCUT2D eigenvalue weighted by Gasteiger charge is -2.22. The minimum absolute atomic E-state index is 0.00526. The van der Waals surface area contributed by atoms with E-state index < -0.39 is 5.60 Å². The number of hydrogen-bond acceptors (Lipinski definition) is 5. The number of aromatic nitrogens is 2. The molecular weight excluding hydrogens is 406 g/mol. The van der Waals surface area contributed by atoms with Gasteiger partial charge in [0.15, 0.2) is 0 Å². The van der Waals surface area contributed by atoms with E-state index in [1.165, 1.54) is 0 Å². The summed E-state index contributed by atoms with van der Waals surface area (Å²) in [6.45, 7) is 7.52. The fraction of sp³-hybridized carbons (Fsp3) is 0.333. The van der Waals surface area contributed by atoms with E-state index >= 15 is 0 Å². The van der Waals surface area contributed by atoms with Gasteiger partial charge in [-0.25, -0.2) is 9.97 Å². The van der Waals surface area contributed by atoms with Gasteiger partial charge >= 0.3 is 0 Å². The van der Waals surface area contributed by atoms with Crippen molar-refractivity contribution in [3.05, 3.63) is 57.8 Å². The summed E-state index contributed by atoms with van der Waals surface area (Å²) in [5.74, 6) is 2.19. The number of aryl methyl sites for hydroxylation is 1. The van der Waals surface area contributed by atoms with Crippen LogP contribution in [-0.4, -0.2) is 22.2 Å². The van der Waals surface area contributed by atoms with Crippen molar-refractivity contribution in [1.82, 2.24) is 9.97 Å². The van der Waals surface area contributed by atoms with Crippen LogP contribution in [0.1, 0.15) is 43.8 Å². The number of fused-ring (bicyclic) bond motifs is 1. The zero-order valence-corrected chi connectivity index (χ0v) is 17.8. The molecule has 0 saturated heterocycles. The van der Waals surface area contributed by atoms with Crippen LogP contribution in [0, 0.1) is 6.92 Å². The molecule has 3 aromatic rings. The first-order chi connectivity index (χ1) is 12.7. The third-order valence-electron chi connectivity index (χ3n) is 4.53. The molecule has 0 unspecified atom stereocenters. The molecule has 0 aliphatic heterocycles. The first kappa shape index (κ1) is 19.6. The summed E-state index contributed by atoms with van der Waals surface area (Å²) < 4.78 is 6.23. The molecule has 0 bridgehead atoms. The molecule has 1 atom stereocenters. The molecule has 142 valence electrons. The van der Waals surface area contributed by atoms with Crippen LogP contribution in [0.25, 0.3) is 10.9 Å². The number of anilines is 1. The third-order valence-corrected chi connectivity index (χ3v) is 5.15. The van der Waals surface area contributed by atoms with E-state index in [-0.39, 0.29) is 6.04 Å². The zero-order valence-electron chi connectivity index (χ0n) is 16.2. The van der Waals surface area contributed by atoms with Crippen LogP contribution in [0.2, 0.25) is 0 Å². The Morgan fingerprint density at radius 1 is 1.19 bits per heavy atom. The molecule has 1 heterocycles. The summed E-state index contributed by atoms with van der Waals surface area (Å²) in [7, 11) is 1.64. The Kier molecular flexibility index (Phi) is 5.40. The monoisotopic (exact) mass is 429 g/mol. The highest BCUT2D eigenvalue weighted by molar-refractivity contribution is 9.10. The Labute approximate surface area is 167 Å². The van der Waals surface area contributed by atoms with Crippen molar-refractivity contribution in [3.8, 4) is 5.75 Å². The Bertz CT molecular complexity index is 983. The fourth-order valence-electron chi connectivity index (χ4n) is 2.99. The molecule has 5 nitrogen and oxygen atoms in total. The van der Waals surface area contributed by atoms with Crippen LogP contribution in [0.5, 0.6) is 5.75 Å². The van der Waals surface area contributed by atoms with Crippen LogP contribution >= 0.6 is 15.9 Å². The molecule has 0 fully saturated rings. The highest BCUT2D eigenvalue weighted by atomic mass is 79.9. The lowest BCUT2D eigenvalue weighted by atomic mass is 9.95. The zero-order chi connectivity index (χ0) is 19.8. The molecule has 0 aliphatic carbocycles. The van der Waals surface area contributed by atoms with Gasteiger partial charge in [0.1, 0.15) is 17.4 Å². The van der Waals surface area contributed by atoms with Crippen molar-refractivity contribution in [2.24, 2.45) is 0 Å². The van der Waals surface area contributed by atoms with Gasteiger partial charge in [0.2, 0.25) is 0 Å². The highest BCUT2D eigenvalue weighted by Crippen LogP contribution is 2.33. The molecule has 0 amide bonds.